The zero-order valence-corrected chi connectivity index (χ0v) is 20.1. The fourth-order valence-electron chi connectivity index (χ4n) is 3.24. The van der Waals surface area contributed by atoms with E-state index in [1.165, 1.54) is 0 Å². The third-order valence-corrected chi connectivity index (χ3v) is 6.46. The molecule has 0 aliphatic carbocycles. The molecule has 0 bridgehead atoms. The Morgan fingerprint density at radius 2 is 2.03 bits per heavy atom. The normalized spacial score (nSPS) is 19.1. The molecule has 1 amide bonds. The molecule has 0 aromatic heterocycles. The second-order valence-electron chi connectivity index (χ2n) is 7.04. The van der Waals surface area contributed by atoms with Crippen molar-refractivity contribution in [2.75, 3.05) is 37.9 Å². The van der Waals surface area contributed by atoms with Gasteiger partial charge in [-0.05, 0) is 37.5 Å². The highest BCUT2D eigenvalue weighted by Crippen LogP contribution is 2.32. The Balaban J connectivity index is 0.00000320. The number of rotatable bonds is 8. The van der Waals surface area contributed by atoms with Crippen molar-refractivity contribution in [3.05, 3.63) is 23.8 Å². The number of halogens is 1. The van der Waals surface area contributed by atoms with Crippen LogP contribution in [0, 0.1) is 0 Å². The zero-order chi connectivity index (χ0) is 20.7. The highest BCUT2D eigenvalue weighted by atomic mass is 127. The van der Waals surface area contributed by atoms with Crippen molar-refractivity contribution < 1.29 is 22.7 Å². The number of fused-ring (bicyclic) bond motifs is 1. The predicted octanol–water partition coefficient (Wildman–Crippen LogP) is 0.824. The molecule has 1 aromatic carbocycles. The van der Waals surface area contributed by atoms with Crippen LogP contribution in [0.5, 0.6) is 11.5 Å². The summed E-state index contributed by atoms with van der Waals surface area (Å²) in [5.41, 5.74) is 1.13. The summed E-state index contributed by atoms with van der Waals surface area (Å²) in [6.07, 6.45) is 1.49. The summed E-state index contributed by atoms with van der Waals surface area (Å²) in [5, 5.41) is 9.18. The number of ether oxygens (including phenoxy) is 2. The number of sulfone groups is 1. The number of hydrogen-bond donors (Lipinski definition) is 3. The smallest absolute Gasteiger partial charge is 0.231 e. The number of amides is 1. The van der Waals surface area contributed by atoms with Crippen LogP contribution >= 0.6 is 24.0 Å². The first-order valence-electron chi connectivity index (χ1n) is 9.85. The van der Waals surface area contributed by atoms with Gasteiger partial charge >= 0.3 is 0 Å². The Labute approximate surface area is 194 Å². The fourth-order valence-corrected chi connectivity index (χ4v) is 4.91. The molecule has 2 heterocycles. The van der Waals surface area contributed by atoms with Gasteiger partial charge in [0.05, 0.1) is 18.1 Å². The van der Waals surface area contributed by atoms with E-state index >= 15 is 0 Å². The maximum Gasteiger partial charge on any atom is 0.231 e. The number of nitrogens with one attached hydrogen (secondary N) is 3. The third-order valence-electron chi connectivity index (χ3n) is 4.69. The van der Waals surface area contributed by atoms with Crippen LogP contribution in [0.25, 0.3) is 0 Å². The Kier molecular flexibility index (Phi) is 9.46. The minimum Gasteiger partial charge on any atom is -0.454 e. The van der Waals surface area contributed by atoms with Gasteiger partial charge in [-0.1, -0.05) is 6.07 Å². The van der Waals surface area contributed by atoms with Gasteiger partial charge in [0, 0.05) is 25.6 Å². The van der Waals surface area contributed by atoms with Gasteiger partial charge in [-0.25, -0.2) is 8.42 Å². The van der Waals surface area contributed by atoms with E-state index in [2.05, 4.69) is 20.9 Å². The Morgan fingerprint density at radius 3 is 2.77 bits per heavy atom. The lowest BCUT2D eigenvalue weighted by molar-refractivity contribution is -0.121. The van der Waals surface area contributed by atoms with Gasteiger partial charge in [-0.3, -0.25) is 9.79 Å². The minimum absolute atomic E-state index is 0. The van der Waals surface area contributed by atoms with Crippen LogP contribution in [-0.4, -0.2) is 64.3 Å². The molecule has 0 saturated carbocycles. The van der Waals surface area contributed by atoms with Crippen LogP contribution in [0.2, 0.25) is 0 Å². The average molecular weight is 552 g/mol. The molecule has 168 valence electrons. The summed E-state index contributed by atoms with van der Waals surface area (Å²) in [7, 11) is -3.00. The van der Waals surface area contributed by atoms with Gasteiger partial charge < -0.3 is 25.4 Å². The van der Waals surface area contributed by atoms with Crippen molar-refractivity contribution in [2.45, 2.75) is 32.2 Å². The van der Waals surface area contributed by atoms with E-state index in [-0.39, 0.29) is 60.6 Å². The summed E-state index contributed by atoms with van der Waals surface area (Å²) in [6, 6.07) is 5.61. The summed E-state index contributed by atoms with van der Waals surface area (Å²) >= 11 is 0. The first-order valence-corrected chi connectivity index (χ1v) is 11.7. The molecule has 0 spiro atoms. The van der Waals surface area contributed by atoms with Crippen LogP contribution in [-0.2, 0) is 21.1 Å². The first kappa shape index (κ1) is 24.5. The summed E-state index contributed by atoms with van der Waals surface area (Å²) in [5.74, 6) is 2.19. The largest absolute Gasteiger partial charge is 0.454 e. The molecule has 1 fully saturated rings. The SMILES string of the molecule is CCNC(=NCCC(=O)NC1CCS(=O)(=O)C1)NCCc1ccc2c(c1)OCO2.I. The number of carbonyl (C=O) groups excluding carboxylic acids is 1. The summed E-state index contributed by atoms with van der Waals surface area (Å²) in [4.78, 5) is 16.4. The van der Waals surface area contributed by atoms with Crippen LogP contribution in [0.3, 0.4) is 0 Å². The van der Waals surface area contributed by atoms with E-state index in [1.807, 2.05) is 25.1 Å². The molecular formula is C19H29IN4O5S. The van der Waals surface area contributed by atoms with Gasteiger partial charge in [-0.15, -0.1) is 24.0 Å². The highest BCUT2D eigenvalue weighted by Gasteiger charge is 2.28. The zero-order valence-electron chi connectivity index (χ0n) is 17.0. The number of nitrogens with zero attached hydrogens (tertiary/aromatic N) is 1. The number of hydrogen-bond acceptors (Lipinski definition) is 6. The molecule has 2 aliphatic heterocycles. The van der Waals surface area contributed by atoms with Crippen molar-refractivity contribution in [3.8, 4) is 11.5 Å². The van der Waals surface area contributed by atoms with E-state index in [1.54, 1.807) is 0 Å². The molecule has 2 aliphatic rings. The van der Waals surface area contributed by atoms with Crippen molar-refractivity contribution in [1.82, 2.24) is 16.0 Å². The molecule has 1 saturated heterocycles. The van der Waals surface area contributed by atoms with E-state index in [0.29, 0.717) is 32.0 Å². The molecule has 1 atom stereocenters. The maximum atomic E-state index is 12.0. The first-order chi connectivity index (χ1) is 13.9. The second-order valence-corrected chi connectivity index (χ2v) is 9.27. The highest BCUT2D eigenvalue weighted by molar-refractivity contribution is 14.0. The average Bonchev–Trinajstić information content (AvgIpc) is 3.27. The van der Waals surface area contributed by atoms with Gasteiger partial charge in [0.25, 0.3) is 0 Å². The predicted molar refractivity (Wildman–Crippen MR) is 125 cm³/mol. The number of aliphatic imine (C=N–C) groups is 1. The second kappa shape index (κ2) is 11.6. The molecule has 9 nitrogen and oxygen atoms in total. The lowest BCUT2D eigenvalue weighted by Gasteiger charge is -2.12. The molecule has 1 unspecified atom stereocenters. The fraction of sp³-hybridized carbons (Fsp3) is 0.579. The number of benzene rings is 1. The van der Waals surface area contributed by atoms with Crippen molar-refractivity contribution >= 4 is 45.7 Å². The monoisotopic (exact) mass is 552 g/mol. The van der Waals surface area contributed by atoms with Crippen LogP contribution in [0.4, 0.5) is 0 Å². The minimum atomic E-state index is -3.00. The molecule has 3 rings (SSSR count). The maximum absolute atomic E-state index is 12.0. The lowest BCUT2D eigenvalue weighted by atomic mass is 10.1. The number of carbonyl (C=O) groups is 1. The van der Waals surface area contributed by atoms with Crippen LogP contribution in [0.15, 0.2) is 23.2 Å². The quantitative estimate of drug-likeness (QED) is 0.249. The van der Waals surface area contributed by atoms with Crippen molar-refractivity contribution in [1.29, 1.82) is 0 Å². The van der Waals surface area contributed by atoms with Gasteiger partial charge in [0.1, 0.15) is 0 Å². The van der Waals surface area contributed by atoms with Gasteiger partial charge in [0.15, 0.2) is 27.3 Å². The summed E-state index contributed by atoms with van der Waals surface area (Å²) in [6.45, 7) is 3.95. The van der Waals surface area contributed by atoms with Gasteiger partial charge in [-0.2, -0.15) is 0 Å². The number of guanidine groups is 1. The van der Waals surface area contributed by atoms with Crippen molar-refractivity contribution in [3.63, 3.8) is 0 Å². The molecule has 1 aromatic rings. The third kappa shape index (κ3) is 7.49. The standard InChI is InChI=1S/C19H28N4O5S.HI/c1-2-20-19(21-8-5-14-3-4-16-17(11-14)28-13-27-16)22-9-6-18(24)23-15-7-10-29(25,26)12-15;/h3-4,11,15H,2,5-10,12-13H2,1H3,(H,23,24)(H2,20,21,22);1H. The Morgan fingerprint density at radius 1 is 1.23 bits per heavy atom. The van der Waals surface area contributed by atoms with Crippen LogP contribution < -0.4 is 25.4 Å². The molecule has 3 N–H and O–H groups in total. The molecule has 30 heavy (non-hydrogen) atoms. The Hall–Kier alpha value is -1.76. The van der Waals surface area contributed by atoms with E-state index < -0.39 is 9.84 Å². The van der Waals surface area contributed by atoms with E-state index in [4.69, 9.17) is 9.47 Å². The topological polar surface area (TPSA) is 118 Å². The van der Waals surface area contributed by atoms with Gasteiger partial charge in [0.2, 0.25) is 12.7 Å². The Bertz CT molecular complexity index is 862. The lowest BCUT2D eigenvalue weighted by Crippen LogP contribution is -2.39. The molecular weight excluding hydrogens is 523 g/mol. The van der Waals surface area contributed by atoms with E-state index in [0.717, 1.165) is 23.5 Å². The molecule has 11 heteroatoms. The summed E-state index contributed by atoms with van der Waals surface area (Å²) < 4.78 is 33.6. The van der Waals surface area contributed by atoms with Crippen LogP contribution in [0.1, 0.15) is 25.3 Å². The molecule has 0 radical (unpaired) electrons. The van der Waals surface area contributed by atoms with Crippen molar-refractivity contribution in [2.24, 2.45) is 4.99 Å². The van der Waals surface area contributed by atoms with E-state index in [9.17, 15) is 13.2 Å².